The Hall–Kier alpha value is -1.06. The van der Waals surface area contributed by atoms with Crippen LogP contribution in [0.1, 0.15) is 33.1 Å². The van der Waals surface area contributed by atoms with Crippen molar-refractivity contribution in [2.24, 2.45) is 5.92 Å². The van der Waals surface area contributed by atoms with Crippen molar-refractivity contribution in [3.8, 4) is 0 Å². The molecule has 0 saturated heterocycles. The third-order valence-corrected chi connectivity index (χ3v) is 2.52. The number of carbonyl (C=O) groups excluding carboxylic acids is 2. The van der Waals surface area contributed by atoms with Crippen LogP contribution in [-0.4, -0.2) is 24.5 Å². The van der Waals surface area contributed by atoms with E-state index in [1.807, 2.05) is 0 Å². The Balaban J connectivity index is 2.35. The molecule has 14 heavy (non-hydrogen) atoms. The van der Waals surface area contributed by atoms with Crippen molar-refractivity contribution < 1.29 is 14.3 Å². The predicted octanol–water partition coefficient (Wildman–Crippen LogP) is 0.854. The Kier molecular flexibility index (Phi) is 3.92. The fraction of sp³-hybridized carbons (Fsp3) is 0.800. The highest BCUT2D eigenvalue weighted by Crippen LogP contribution is 2.27. The largest absolute Gasteiger partial charge is 0.462 e. The van der Waals surface area contributed by atoms with Crippen molar-refractivity contribution in [2.45, 2.75) is 39.2 Å². The molecule has 4 heteroatoms. The average Bonchev–Trinajstić information content (AvgIpc) is 2.47. The molecule has 0 aromatic carbocycles. The van der Waals surface area contributed by atoms with Crippen molar-refractivity contribution in [3.63, 3.8) is 0 Å². The van der Waals surface area contributed by atoms with Crippen LogP contribution >= 0.6 is 0 Å². The highest BCUT2D eigenvalue weighted by molar-refractivity contribution is 5.72. The summed E-state index contributed by atoms with van der Waals surface area (Å²) in [6, 6.07) is 0. The molecule has 1 N–H and O–H groups in total. The van der Waals surface area contributed by atoms with E-state index in [0.29, 0.717) is 12.5 Å². The minimum absolute atomic E-state index is 0.000602. The fourth-order valence-corrected chi connectivity index (χ4v) is 1.88. The molecule has 0 bridgehead atoms. The van der Waals surface area contributed by atoms with E-state index >= 15 is 0 Å². The van der Waals surface area contributed by atoms with Gasteiger partial charge in [-0.25, -0.2) is 0 Å². The maximum Gasteiger partial charge on any atom is 0.302 e. The van der Waals surface area contributed by atoms with E-state index in [9.17, 15) is 9.59 Å². The summed E-state index contributed by atoms with van der Waals surface area (Å²) in [7, 11) is 0. The molecule has 4 nitrogen and oxygen atoms in total. The van der Waals surface area contributed by atoms with Gasteiger partial charge in [0.2, 0.25) is 5.91 Å². The minimum Gasteiger partial charge on any atom is -0.462 e. The summed E-state index contributed by atoms with van der Waals surface area (Å²) >= 11 is 0. The summed E-state index contributed by atoms with van der Waals surface area (Å²) in [5, 5.41) is 2.76. The average molecular weight is 199 g/mol. The summed E-state index contributed by atoms with van der Waals surface area (Å²) in [4.78, 5) is 21.5. The number of nitrogens with one attached hydrogen (secondary N) is 1. The summed E-state index contributed by atoms with van der Waals surface area (Å²) in [6.45, 7) is 3.54. The molecule has 1 amide bonds. The molecule has 0 aromatic rings. The van der Waals surface area contributed by atoms with E-state index in [-0.39, 0.29) is 18.0 Å². The molecule has 1 aliphatic rings. The Morgan fingerprint density at radius 2 is 2.07 bits per heavy atom. The number of rotatable bonds is 3. The molecule has 0 aliphatic heterocycles. The maximum atomic E-state index is 10.8. The van der Waals surface area contributed by atoms with E-state index in [4.69, 9.17) is 4.74 Å². The summed E-state index contributed by atoms with van der Waals surface area (Å²) in [5.74, 6) is 0.0333. The third kappa shape index (κ3) is 3.36. The number of amides is 1. The molecule has 1 fully saturated rings. The monoisotopic (exact) mass is 199 g/mol. The van der Waals surface area contributed by atoms with Gasteiger partial charge in [0.15, 0.2) is 0 Å². The Morgan fingerprint density at radius 1 is 1.36 bits per heavy atom. The van der Waals surface area contributed by atoms with Gasteiger partial charge < -0.3 is 10.1 Å². The van der Waals surface area contributed by atoms with E-state index in [1.54, 1.807) is 0 Å². The van der Waals surface area contributed by atoms with Crippen molar-refractivity contribution in [2.75, 3.05) is 6.54 Å². The van der Waals surface area contributed by atoms with Gasteiger partial charge in [-0.1, -0.05) is 0 Å². The lowest BCUT2D eigenvalue weighted by molar-refractivity contribution is -0.147. The number of carbonyl (C=O) groups is 2. The second-order valence-electron chi connectivity index (χ2n) is 3.78. The molecule has 0 unspecified atom stereocenters. The molecule has 1 aliphatic carbocycles. The number of esters is 1. The van der Waals surface area contributed by atoms with Crippen molar-refractivity contribution >= 4 is 11.9 Å². The summed E-state index contributed by atoms with van der Waals surface area (Å²) in [5.41, 5.74) is 0. The molecule has 2 atom stereocenters. The number of hydrogen-bond acceptors (Lipinski definition) is 3. The first-order chi connectivity index (χ1) is 6.59. The first-order valence-electron chi connectivity index (χ1n) is 5.01. The zero-order valence-electron chi connectivity index (χ0n) is 8.71. The third-order valence-electron chi connectivity index (χ3n) is 2.52. The normalized spacial score (nSPS) is 25.9. The van der Waals surface area contributed by atoms with Gasteiger partial charge in [-0.2, -0.15) is 0 Å². The van der Waals surface area contributed by atoms with Gasteiger partial charge in [0.05, 0.1) is 0 Å². The van der Waals surface area contributed by atoms with E-state index in [1.165, 1.54) is 13.8 Å². The van der Waals surface area contributed by atoms with Crippen molar-refractivity contribution in [1.82, 2.24) is 5.32 Å². The fourth-order valence-electron chi connectivity index (χ4n) is 1.88. The zero-order valence-corrected chi connectivity index (χ0v) is 8.71. The Labute approximate surface area is 84.0 Å². The lowest BCUT2D eigenvalue weighted by Crippen LogP contribution is -2.32. The lowest BCUT2D eigenvalue weighted by atomic mass is 10.1. The van der Waals surface area contributed by atoms with Crippen LogP contribution in [-0.2, 0) is 14.3 Å². The van der Waals surface area contributed by atoms with Gasteiger partial charge in [-0.3, -0.25) is 9.59 Å². The topological polar surface area (TPSA) is 55.4 Å². The van der Waals surface area contributed by atoms with Crippen LogP contribution in [0.5, 0.6) is 0 Å². The Morgan fingerprint density at radius 3 is 2.64 bits per heavy atom. The number of hydrogen-bond donors (Lipinski definition) is 1. The van der Waals surface area contributed by atoms with Crippen LogP contribution in [0.3, 0.4) is 0 Å². The highest BCUT2D eigenvalue weighted by Gasteiger charge is 2.29. The summed E-state index contributed by atoms with van der Waals surface area (Å²) < 4.78 is 5.17. The van der Waals surface area contributed by atoms with Gasteiger partial charge in [0, 0.05) is 26.3 Å². The first-order valence-corrected chi connectivity index (χ1v) is 5.01. The maximum absolute atomic E-state index is 10.8. The first kappa shape index (κ1) is 11.0. The van der Waals surface area contributed by atoms with Crippen LogP contribution < -0.4 is 5.32 Å². The van der Waals surface area contributed by atoms with Crippen LogP contribution in [0.2, 0.25) is 0 Å². The second-order valence-corrected chi connectivity index (χ2v) is 3.78. The quantitative estimate of drug-likeness (QED) is 0.686. The molecule has 0 heterocycles. The van der Waals surface area contributed by atoms with E-state index in [2.05, 4.69) is 5.32 Å². The number of ether oxygens (including phenoxy) is 1. The molecular weight excluding hydrogens is 182 g/mol. The van der Waals surface area contributed by atoms with Gasteiger partial charge in [0.1, 0.15) is 6.10 Å². The standard InChI is InChI=1S/C10H17NO3/c1-7(12)11-6-9-4-3-5-10(9)14-8(2)13/h9-10H,3-6H2,1-2H3,(H,11,12)/t9-,10-/m1/s1. The second kappa shape index (κ2) is 4.98. The van der Waals surface area contributed by atoms with Crippen molar-refractivity contribution in [3.05, 3.63) is 0 Å². The zero-order chi connectivity index (χ0) is 10.6. The lowest BCUT2D eigenvalue weighted by Gasteiger charge is -2.19. The van der Waals surface area contributed by atoms with Gasteiger partial charge in [0.25, 0.3) is 0 Å². The van der Waals surface area contributed by atoms with E-state index < -0.39 is 0 Å². The molecule has 0 spiro atoms. The van der Waals surface area contributed by atoms with Crippen LogP contribution in [0, 0.1) is 5.92 Å². The van der Waals surface area contributed by atoms with Crippen LogP contribution in [0.25, 0.3) is 0 Å². The smallest absolute Gasteiger partial charge is 0.302 e. The Bertz CT molecular complexity index is 227. The molecule has 0 radical (unpaired) electrons. The van der Waals surface area contributed by atoms with Gasteiger partial charge in [-0.05, 0) is 19.3 Å². The molecule has 1 saturated carbocycles. The summed E-state index contributed by atoms with van der Waals surface area (Å²) in [6.07, 6.45) is 3.02. The van der Waals surface area contributed by atoms with Gasteiger partial charge >= 0.3 is 5.97 Å². The van der Waals surface area contributed by atoms with Crippen molar-refractivity contribution in [1.29, 1.82) is 0 Å². The minimum atomic E-state index is -0.232. The van der Waals surface area contributed by atoms with E-state index in [0.717, 1.165) is 19.3 Å². The molecule has 0 aromatic heterocycles. The predicted molar refractivity (Wildman–Crippen MR) is 51.6 cm³/mol. The molecular formula is C10H17NO3. The molecule has 80 valence electrons. The van der Waals surface area contributed by atoms with Gasteiger partial charge in [-0.15, -0.1) is 0 Å². The highest BCUT2D eigenvalue weighted by atomic mass is 16.5. The van der Waals surface area contributed by atoms with Crippen LogP contribution in [0.4, 0.5) is 0 Å². The SMILES string of the molecule is CC(=O)NC[C@H]1CCC[C@H]1OC(C)=O. The molecule has 1 rings (SSSR count). The van der Waals surface area contributed by atoms with Crippen LogP contribution in [0.15, 0.2) is 0 Å².